The first kappa shape index (κ1) is 8.90. The highest BCUT2D eigenvalue weighted by Crippen LogP contribution is 2.13. The Labute approximate surface area is 81.8 Å². The first-order valence-electron chi connectivity index (χ1n) is 4.40. The third-order valence-electron chi connectivity index (χ3n) is 1.97. The molecule has 2 aromatic heterocycles. The summed E-state index contributed by atoms with van der Waals surface area (Å²) < 4.78 is 5.10. The van der Waals surface area contributed by atoms with Crippen LogP contribution < -0.4 is 5.73 Å². The van der Waals surface area contributed by atoms with Crippen LogP contribution in [0.15, 0.2) is 41.4 Å². The highest BCUT2D eigenvalue weighted by molar-refractivity contribution is 5.08. The zero-order valence-corrected chi connectivity index (χ0v) is 7.63. The number of nitrogens with zero attached hydrogens (tertiary/aromatic N) is 2. The third-order valence-corrected chi connectivity index (χ3v) is 1.97. The number of aromatic nitrogens is 2. The first-order chi connectivity index (χ1) is 6.86. The summed E-state index contributed by atoms with van der Waals surface area (Å²) in [6.45, 7) is 0. The van der Waals surface area contributed by atoms with E-state index in [1.54, 1.807) is 12.4 Å². The summed E-state index contributed by atoms with van der Waals surface area (Å²) in [5.74, 6) is 0.690. The molecular weight excluding hydrogens is 178 g/mol. The van der Waals surface area contributed by atoms with Gasteiger partial charge in [0.2, 0.25) is 0 Å². The Morgan fingerprint density at radius 1 is 1.43 bits per heavy atom. The van der Waals surface area contributed by atoms with Gasteiger partial charge in [-0.2, -0.15) is 0 Å². The van der Waals surface area contributed by atoms with Crippen molar-refractivity contribution in [3.8, 4) is 0 Å². The molecule has 0 amide bonds. The fraction of sp³-hybridized carbons (Fsp3) is 0.200. The van der Waals surface area contributed by atoms with E-state index in [4.69, 9.17) is 10.2 Å². The van der Waals surface area contributed by atoms with Crippen LogP contribution in [0.25, 0.3) is 0 Å². The molecule has 0 aliphatic rings. The van der Waals surface area contributed by atoms with Gasteiger partial charge in [-0.3, -0.25) is 4.98 Å². The summed E-state index contributed by atoms with van der Waals surface area (Å²) in [5, 5.41) is 0. The number of nitrogens with two attached hydrogens (primary N) is 1. The fourth-order valence-corrected chi connectivity index (χ4v) is 1.25. The Balaban J connectivity index is 2.06. The van der Waals surface area contributed by atoms with Crippen LogP contribution in [0.5, 0.6) is 0 Å². The molecule has 2 heterocycles. The number of rotatable bonds is 3. The number of hydrogen-bond acceptors (Lipinski definition) is 4. The molecule has 0 aliphatic carbocycles. The summed E-state index contributed by atoms with van der Waals surface area (Å²) in [4.78, 5) is 8.00. The van der Waals surface area contributed by atoms with Gasteiger partial charge in [0.05, 0.1) is 12.2 Å². The standard InChI is InChI=1S/C10H11N3O/c11-9(10-6-12-7-14-10)5-8-3-1-2-4-13-8/h1-4,6-7,9H,5,11H2. The van der Waals surface area contributed by atoms with Crippen LogP contribution in [0.3, 0.4) is 0 Å². The van der Waals surface area contributed by atoms with Crippen LogP contribution in [0.2, 0.25) is 0 Å². The number of hydrogen-bond donors (Lipinski definition) is 1. The topological polar surface area (TPSA) is 64.9 Å². The smallest absolute Gasteiger partial charge is 0.180 e. The zero-order chi connectivity index (χ0) is 9.80. The van der Waals surface area contributed by atoms with Crippen LogP contribution in [-0.2, 0) is 6.42 Å². The van der Waals surface area contributed by atoms with Crippen molar-refractivity contribution in [2.24, 2.45) is 5.73 Å². The van der Waals surface area contributed by atoms with E-state index >= 15 is 0 Å². The van der Waals surface area contributed by atoms with E-state index in [-0.39, 0.29) is 6.04 Å². The SMILES string of the molecule is NC(Cc1ccccn1)c1cnco1. The second kappa shape index (κ2) is 4.02. The van der Waals surface area contributed by atoms with Gasteiger partial charge < -0.3 is 10.2 Å². The molecule has 0 aromatic carbocycles. The molecule has 0 saturated heterocycles. The lowest BCUT2D eigenvalue weighted by atomic mass is 10.1. The van der Waals surface area contributed by atoms with Crippen LogP contribution in [0, 0.1) is 0 Å². The van der Waals surface area contributed by atoms with Crippen molar-refractivity contribution in [3.63, 3.8) is 0 Å². The lowest BCUT2D eigenvalue weighted by molar-refractivity contribution is 0.459. The first-order valence-corrected chi connectivity index (χ1v) is 4.40. The van der Waals surface area contributed by atoms with Gasteiger partial charge in [-0.25, -0.2) is 4.98 Å². The summed E-state index contributed by atoms with van der Waals surface area (Å²) in [7, 11) is 0. The quantitative estimate of drug-likeness (QED) is 0.790. The van der Waals surface area contributed by atoms with Crippen molar-refractivity contribution in [1.82, 2.24) is 9.97 Å². The molecular formula is C10H11N3O. The van der Waals surface area contributed by atoms with Crippen molar-refractivity contribution >= 4 is 0 Å². The maximum Gasteiger partial charge on any atom is 0.180 e. The van der Waals surface area contributed by atoms with Gasteiger partial charge in [0.15, 0.2) is 6.39 Å². The van der Waals surface area contributed by atoms with Gasteiger partial charge in [-0.05, 0) is 12.1 Å². The monoisotopic (exact) mass is 189 g/mol. The fourth-order valence-electron chi connectivity index (χ4n) is 1.25. The van der Waals surface area contributed by atoms with Crippen molar-refractivity contribution in [2.45, 2.75) is 12.5 Å². The third kappa shape index (κ3) is 1.97. The van der Waals surface area contributed by atoms with E-state index in [1.807, 2.05) is 18.2 Å². The molecule has 1 unspecified atom stereocenters. The average molecular weight is 189 g/mol. The molecule has 14 heavy (non-hydrogen) atoms. The van der Waals surface area contributed by atoms with Crippen LogP contribution >= 0.6 is 0 Å². The molecule has 4 heteroatoms. The Morgan fingerprint density at radius 3 is 3.00 bits per heavy atom. The molecule has 4 nitrogen and oxygen atoms in total. The number of oxazole rings is 1. The largest absolute Gasteiger partial charge is 0.447 e. The van der Waals surface area contributed by atoms with Gasteiger partial charge in [-0.15, -0.1) is 0 Å². The van der Waals surface area contributed by atoms with Gasteiger partial charge in [0.25, 0.3) is 0 Å². The molecule has 0 bridgehead atoms. The van der Waals surface area contributed by atoms with E-state index < -0.39 is 0 Å². The van der Waals surface area contributed by atoms with Crippen LogP contribution in [0.1, 0.15) is 17.5 Å². The van der Waals surface area contributed by atoms with Gasteiger partial charge in [0.1, 0.15) is 5.76 Å². The molecule has 2 N–H and O–H groups in total. The molecule has 0 radical (unpaired) electrons. The minimum atomic E-state index is -0.174. The summed E-state index contributed by atoms with van der Waals surface area (Å²) in [6.07, 6.45) is 5.43. The van der Waals surface area contributed by atoms with E-state index in [9.17, 15) is 0 Å². The molecule has 1 atom stereocenters. The normalized spacial score (nSPS) is 12.6. The second-order valence-corrected chi connectivity index (χ2v) is 3.04. The number of pyridine rings is 1. The van der Waals surface area contributed by atoms with Crippen LogP contribution in [-0.4, -0.2) is 9.97 Å². The Hall–Kier alpha value is -1.68. The summed E-state index contributed by atoms with van der Waals surface area (Å²) >= 11 is 0. The lowest BCUT2D eigenvalue weighted by Crippen LogP contribution is -2.13. The molecule has 0 saturated carbocycles. The molecule has 2 rings (SSSR count). The second-order valence-electron chi connectivity index (χ2n) is 3.04. The zero-order valence-electron chi connectivity index (χ0n) is 7.63. The predicted molar refractivity (Wildman–Crippen MR) is 51.4 cm³/mol. The predicted octanol–water partition coefficient (Wildman–Crippen LogP) is 1.31. The highest BCUT2D eigenvalue weighted by atomic mass is 16.3. The van der Waals surface area contributed by atoms with Gasteiger partial charge in [0, 0.05) is 18.3 Å². The molecule has 0 spiro atoms. The summed E-state index contributed by atoms with van der Waals surface area (Å²) in [6, 6.07) is 5.59. The van der Waals surface area contributed by atoms with E-state index in [0.29, 0.717) is 12.2 Å². The summed E-state index contributed by atoms with van der Waals surface area (Å²) in [5.41, 5.74) is 6.85. The molecule has 72 valence electrons. The van der Waals surface area contributed by atoms with E-state index in [0.717, 1.165) is 5.69 Å². The van der Waals surface area contributed by atoms with Gasteiger partial charge in [-0.1, -0.05) is 6.07 Å². The van der Waals surface area contributed by atoms with Gasteiger partial charge >= 0.3 is 0 Å². The maximum absolute atomic E-state index is 5.90. The minimum Gasteiger partial charge on any atom is -0.447 e. The Morgan fingerprint density at radius 2 is 2.36 bits per heavy atom. The molecule has 0 fully saturated rings. The maximum atomic E-state index is 5.90. The Kier molecular flexibility index (Phi) is 2.55. The van der Waals surface area contributed by atoms with E-state index in [1.165, 1.54) is 6.39 Å². The van der Waals surface area contributed by atoms with Crippen molar-refractivity contribution in [2.75, 3.05) is 0 Å². The van der Waals surface area contributed by atoms with Crippen molar-refractivity contribution < 1.29 is 4.42 Å². The Bertz CT molecular complexity index is 372. The average Bonchev–Trinajstić information content (AvgIpc) is 2.72. The lowest BCUT2D eigenvalue weighted by Gasteiger charge is -2.06. The molecule has 0 aliphatic heterocycles. The minimum absolute atomic E-state index is 0.174. The van der Waals surface area contributed by atoms with Crippen molar-refractivity contribution in [3.05, 3.63) is 48.4 Å². The van der Waals surface area contributed by atoms with E-state index in [2.05, 4.69) is 9.97 Å². The highest BCUT2D eigenvalue weighted by Gasteiger charge is 2.10. The molecule has 2 aromatic rings. The van der Waals surface area contributed by atoms with Crippen LogP contribution in [0.4, 0.5) is 0 Å². The van der Waals surface area contributed by atoms with Crippen molar-refractivity contribution in [1.29, 1.82) is 0 Å².